The highest BCUT2D eigenvalue weighted by molar-refractivity contribution is 6.31. The molecule has 4 rings (SSSR count). The van der Waals surface area contributed by atoms with Gasteiger partial charge < -0.3 is 10.6 Å². The van der Waals surface area contributed by atoms with Crippen molar-refractivity contribution < 1.29 is 9.18 Å². The lowest BCUT2D eigenvalue weighted by Crippen LogP contribution is -2.40. The van der Waals surface area contributed by atoms with E-state index in [0.29, 0.717) is 23.6 Å². The van der Waals surface area contributed by atoms with Crippen molar-refractivity contribution in [1.29, 1.82) is 0 Å². The van der Waals surface area contributed by atoms with Crippen LogP contribution >= 0.6 is 11.6 Å². The second-order valence-corrected chi connectivity index (χ2v) is 6.15. The summed E-state index contributed by atoms with van der Waals surface area (Å²) in [6.07, 6.45) is 0.616. The Morgan fingerprint density at radius 2 is 2.00 bits per heavy atom. The zero-order chi connectivity index (χ0) is 15.3. The molecular weight excluding hydrogens is 303 g/mol. The van der Waals surface area contributed by atoms with E-state index < -0.39 is 11.5 Å². The summed E-state index contributed by atoms with van der Waals surface area (Å²) in [6.45, 7) is 0.636. The lowest BCUT2D eigenvalue weighted by molar-refractivity contribution is -0.121. The van der Waals surface area contributed by atoms with Gasteiger partial charge in [-0.3, -0.25) is 4.79 Å². The van der Waals surface area contributed by atoms with Crippen LogP contribution in [0.1, 0.15) is 23.6 Å². The van der Waals surface area contributed by atoms with E-state index in [1.165, 1.54) is 6.07 Å². The van der Waals surface area contributed by atoms with Crippen LogP contribution in [0.15, 0.2) is 42.5 Å². The first-order chi connectivity index (χ1) is 10.6. The van der Waals surface area contributed by atoms with E-state index >= 15 is 0 Å². The number of anilines is 1. The molecule has 2 aliphatic rings. The topological polar surface area (TPSA) is 41.1 Å². The van der Waals surface area contributed by atoms with E-state index in [1.807, 2.05) is 24.3 Å². The number of benzene rings is 2. The molecule has 0 unspecified atom stereocenters. The maximum Gasteiger partial charge on any atom is 0.237 e. The van der Waals surface area contributed by atoms with Crippen LogP contribution in [-0.4, -0.2) is 12.5 Å². The molecule has 1 spiro atoms. The van der Waals surface area contributed by atoms with Crippen molar-refractivity contribution in [2.45, 2.75) is 17.9 Å². The van der Waals surface area contributed by atoms with Gasteiger partial charge in [0.15, 0.2) is 0 Å². The van der Waals surface area contributed by atoms with Crippen LogP contribution in [-0.2, 0) is 10.2 Å². The zero-order valence-corrected chi connectivity index (χ0v) is 12.5. The molecule has 0 radical (unpaired) electrons. The van der Waals surface area contributed by atoms with Crippen molar-refractivity contribution in [3.63, 3.8) is 0 Å². The molecule has 2 atom stereocenters. The van der Waals surface area contributed by atoms with Crippen LogP contribution in [0.4, 0.5) is 10.1 Å². The normalized spacial score (nSPS) is 26.3. The third kappa shape index (κ3) is 1.68. The standard InChI is InChI=1S/C17H14ClFN2O/c18-11-5-3-6-12(19)14(11)15-17(8-9-20-15)10-4-1-2-7-13(10)21-16(17)22/h1-7,15,20H,8-9H2,(H,21,22)/t15-,17-/m1/s1. The van der Waals surface area contributed by atoms with Crippen LogP contribution in [0.2, 0.25) is 5.02 Å². The van der Waals surface area contributed by atoms with Gasteiger partial charge in [-0.15, -0.1) is 0 Å². The Kier molecular flexibility index (Phi) is 2.99. The second-order valence-electron chi connectivity index (χ2n) is 5.74. The molecule has 2 aliphatic heterocycles. The van der Waals surface area contributed by atoms with Crippen LogP contribution < -0.4 is 10.6 Å². The van der Waals surface area contributed by atoms with E-state index in [2.05, 4.69) is 10.6 Å². The molecule has 2 N–H and O–H groups in total. The van der Waals surface area contributed by atoms with E-state index in [0.717, 1.165) is 11.3 Å². The van der Waals surface area contributed by atoms with Gasteiger partial charge in [0.05, 0.1) is 11.5 Å². The fraction of sp³-hybridized carbons (Fsp3) is 0.235. The van der Waals surface area contributed by atoms with Crippen LogP contribution in [0.5, 0.6) is 0 Å². The number of para-hydroxylation sites is 1. The predicted octanol–water partition coefficient (Wildman–Crippen LogP) is 3.40. The van der Waals surface area contributed by atoms with Gasteiger partial charge in [0, 0.05) is 16.3 Å². The zero-order valence-electron chi connectivity index (χ0n) is 11.7. The fourth-order valence-electron chi connectivity index (χ4n) is 3.74. The van der Waals surface area contributed by atoms with Gasteiger partial charge in [-0.1, -0.05) is 35.9 Å². The summed E-state index contributed by atoms with van der Waals surface area (Å²) in [4.78, 5) is 12.7. The molecule has 1 amide bonds. The maximum absolute atomic E-state index is 14.4. The number of carbonyl (C=O) groups is 1. The SMILES string of the molecule is O=C1Nc2ccccc2[C@@]12CCN[C@@H]2c1c(F)cccc1Cl. The van der Waals surface area contributed by atoms with Crippen LogP contribution in [0, 0.1) is 5.82 Å². The minimum atomic E-state index is -0.803. The van der Waals surface area contributed by atoms with Gasteiger partial charge in [0.2, 0.25) is 5.91 Å². The molecule has 0 bridgehead atoms. The molecule has 2 aromatic carbocycles. The van der Waals surface area contributed by atoms with E-state index in [9.17, 15) is 9.18 Å². The van der Waals surface area contributed by atoms with Gasteiger partial charge >= 0.3 is 0 Å². The highest BCUT2D eigenvalue weighted by atomic mass is 35.5. The Labute approximate surface area is 132 Å². The third-order valence-corrected chi connectivity index (χ3v) is 5.04. The Morgan fingerprint density at radius 3 is 2.82 bits per heavy atom. The van der Waals surface area contributed by atoms with E-state index in [4.69, 9.17) is 11.6 Å². The Balaban J connectivity index is 1.94. The van der Waals surface area contributed by atoms with Crippen molar-refractivity contribution in [3.8, 4) is 0 Å². The number of carbonyl (C=O) groups excluding carboxylic acids is 1. The lowest BCUT2D eigenvalue weighted by atomic mass is 9.73. The lowest BCUT2D eigenvalue weighted by Gasteiger charge is -2.30. The number of fused-ring (bicyclic) bond motifs is 2. The Morgan fingerprint density at radius 1 is 1.18 bits per heavy atom. The quantitative estimate of drug-likeness (QED) is 0.846. The largest absolute Gasteiger partial charge is 0.325 e. The minimum Gasteiger partial charge on any atom is -0.325 e. The highest BCUT2D eigenvalue weighted by Crippen LogP contribution is 2.52. The van der Waals surface area contributed by atoms with Gasteiger partial charge in [-0.05, 0) is 36.7 Å². The summed E-state index contributed by atoms with van der Waals surface area (Å²) in [5.41, 5.74) is 1.28. The van der Waals surface area contributed by atoms with E-state index in [-0.39, 0.29) is 11.7 Å². The first kappa shape index (κ1) is 13.7. The van der Waals surface area contributed by atoms with Gasteiger partial charge in [-0.25, -0.2) is 4.39 Å². The molecule has 0 saturated carbocycles. The molecule has 0 aliphatic carbocycles. The average Bonchev–Trinajstić information content (AvgIpc) is 3.04. The third-order valence-electron chi connectivity index (χ3n) is 4.71. The molecule has 3 nitrogen and oxygen atoms in total. The van der Waals surface area contributed by atoms with Gasteiger partial charge in [0.25, 0.3) is 0 Å². The number of halogens is 2. The molecule has 2 heterocycles. The number of amides is 1. The summed E-state index contributed by atoms with van der Waals surface area (Å²) in [6, 6.07) is 11.7. The van der Waals surface area contributed by atoms with Gasteiger partial charge in [-0.2, -0.15) is 0 Å². The number of rotatable bonds is 1. The monoisotopic (exact) mass is 316 g/mol. The summed E-state index contributed by atoms with van der Waals surface area (Å²) in [5, 5.41) is 6.54. The average molecular weight is 317 g/mol. The Bertz CT molecular complexity index is 759. The molecule has 5 heteroatoms. The number of hydrogen-bond donors (Lipinski definition) is 2. The van der Waals surface area contributed by atoms with Crippen molar-refractivity contribution in [2.75, 3.05) is 11.9 Å². The molecule has 1 saturated heterocycles. The van der Waals surface area contributed by atoms with Crippen molar-refractivity contribution in [3.05, 3.63) is 64.4 Å². The predicted molar refractivity (Wildman–Crippen MR) is 83.5 cm³/mol. The number of nitrogens with one attached hydrogen (secondary N) is 2. The summed E-state index contributed by atoms with van der Waals surface area (Å²) >= 11 is 6.23. The second kappa shape index (κ2) is 4.80. The van der Waals surface area contributed by atoms with Gasteiger partial charge in [0.1, 0.15) is 5.82 Å². The first-order valence-corrected chi connectivity index (χ1v) is 7.60. The first-order valence-electron chi connectivity index (χ1n) is 7.23. The maximum atomic E-state index is 14.4. The van der Waals surface area contributed by atoms with Crippen molar-refractivity contribution >= 4 is 23.2 Å². The van der Waals surface area contributed by atoms with E-state index in [1.54, 1.807) is 12.1 Å². The summed E-state index contributed by atoms with van der Waals surface area (Å²) < 4.78 is 14.4. The molecule has 0 aromatic heterocycles. The molecule has 2 aromatic rings. The molecule has 112 valence electrons. The molecule has 22 heavy (non-hydrogen) atoms. The summed E-state index contributed by atoms with van der Waals surface area (Å²) in [7, 11) is 0. The van der Waals surface area contributed by atoms with Crippen LogP contribution in [0.3, 0.4) is 0 Å². The van der Waals surface area contributed by atoms with Crippen LogP contribution in [0.25, 0.3) is 0 Å². The van der Waals surface area contributed by atoms with Crippen molar-refractivity contribution in [1.82, 2.24) is 5.32 Å². The fourth-order valence-corrected chi connectivity index (χ4v) is 4.01. The minimum absolute atomic E-state index is 0.0944. The number of hydrogen-bond acceptors (Lipinski definition) is 2. The Hall–Kier alpha value is -1.91. The molecular formula is C17H14ClFN2O. The summed E-state index contributed by atoms with van der Waals surface area (Å²) in [5.74, 6) is -0.480. The smallest absolute Gasteiger partial charge is 0.237 e. The molecule has 1 fully saturated rings. The van der Waals surface area contributed by atoms with Crippen molar-refractivity contribution in [2.24, 2.45) is 0 Å². The highest BCUT2D eigenvalue weighted by Gasteiger charge is 2.56.